The van der Waals surface area contributed by atoms with E-state index in [-0.39, 0.29) is 10.7 Å². The zero-order chi connectivity index (χ0) is 10.6. The Kier molecular flexibility index (Phi) is 4.93. The van der Waals surface area contributed by atoms with Crippen LogP contribution >= 0.6 is 15.9 Å². The molecule has 0 aromatic rings. The van der Waals surface area contributed by atoms with Gasteiger partial charge in [0.15, 0.2) is 0 Å². The first-order valence-corrected chi connectivity index (χ1v) is 6.53. The number of halogens is 1. The lowest BCUT2D eigenvalue weighted by Crippen LogP contribution is -2.38. The first kappa shape index (κ1) is 12.0. The van der Waals surface area contributed by atoms with Gasteiger partial charge in [-0.2, -0.15) is 0 Å². The summed E-state index contributed by atoms with van der Waals surface area (Å²) in [6.45, 7) is 6.06. The highest BCUT2D eigenvalue weighted by molar-refractivity contribution is 9.10. The Bertz CT molecular complexity index is 192. The van der Waals surface area contributed by atoms with Gasteiger partial charge in [-0.3, -0.25) is 4.79 Å². The largest absolute Gasteiger partial charge is 0.341 e. The van der Waals surface area contributed by atoms with Gasteiger partial charge in [0, 0.05) is 13.1 Å². The maximum atomic E-state index is 11.9. The van der Waals surface area contributed by atoms with Gasteiger partial charge in [-0.1, -0.05) is 29.8 Å². The molecule has 0 bridgehead atoms. The molecule has 0 radical (unpaired) electrons. The van der Waals surface area contributed by atoms with Gasteiger partial charge < -0.3 is 4.90 Å². The van der Waals surface area contributed by atoms with Crippen molar-refractivity contribution in [1.29, 1.82) is 0 Å². The van der Waals surface area contributed by atoms with Crippen LogP contribution in [0.15, 0.2) is 0 Å². The zero-order valence-electron chi connectivity index (χ0n) is 9.13. The first-order valence-electron chi connectivity index (χ1n) is 5.61. The molecule has 0 heterocycles. The Hall–Kier alpha value is -0.0500. The molecule has 0 aliphatic heterocycles. The van der Waals surface area contributed by atoms with Gasteiger partial charge in [0.05, 0.1) is 4.83 Å². The zero-order valence-corrected chi connectivity index (χ0v) is 10.7. The molecule has 1 rings (SSSR count). The highest BCUT2D eigenvalue weighted by atomic mass is 79.9. The Morgan fingerprint density at radius 2 is 2.14 bits per heavy atom. The molecule has 1 aliphatic carbocycles. The molecule has 1 atom stereocenters. The van der Waals surface area contributed by atoms with Crippen molar-refractivity contribution < 1.29 is 4.79 Å². The van der Waals surface area contributed by atoms with Crippen LogP contribution in [0, 0.1) is 5.92 Å². The molecule has 0 aromatic heterocycles. The number of alkyl halides is 1. The summed E-state index contributed by atoms with van der Waals surface area (Å²) in [5.74, 6) is 1.07. The predicted octanol–water partition coefficient (Wildman–Crippen LogP) is 2.81. The Morgan fingerprint density at radius 3 is 2.57 bits per heavy atom. The maximum absolute atomic E-state index is 11.9. The lowest BCUT2D eigenvalue weighted by Gasteiger charge is -2.24. The number of carbonyl (C=O) groups excluding carboxylic acids is 1. The van der Waals surface area contributed by atoms with Crippen molar-refractivity contribution in [3.63, 3.8) is 0 Å². The van der Waals surface area contributed by atoms with E-state index >= 15 is 0 Å². The number of rotatable bonds is 6. The van der Waals surface area contributed by atoms with E-state index in [2.05, 4.69) is 22.9 Å². The molecule has 0 aromatic carbocycles. The second-order valence-electron chi connectivity index (χ2n) is 4.10. The van der Waals surface area contributed by atoms with Crippen molar-refractivity contribution in [2.45, 2.75) is 44.4 Å². The molecule has 2 nitrogen and oxygen atoms in total. The third-order valence-electron chi connectivity index (χ3n) is 2.61. The van der Waals surface area contributed by atoms with E-state index in [9.17, 15) is 4.79 Å². The van der Waals surface area contributed by atoms with Crippen LogP contribution in [0.2, 0.25) is 0 Å². The Balaban J connectivity index is 2.42. The summed E-state index contributed by atoms with van der Waals surface area (Å²) in [5, 5.41) is 0. The lowest BCUT2D eigenvalue weighted by molar-refractivity contribution is -0.130. The molecule has 1 aliphatic rings. The molecule has 1 saturated carbocycles. The molecular formula is C11H20BrNO. The van der Waals surface area contributed by atoms with Crippen molar-refractivity contribution in [3.05, 3.63) is 0 Å². The summed E-state index contributed by atoms with van der Waals surface area (Å²) in [7, 11) is 0. The summed E-state index contributed by atoms with van der Waals surface area (Å²) in [4.78, 5) is 14.0. The summed E-state index contributed by atoms with van der Waals surface area (Å²) in [6.07, 6.45) is 4.56. The third-order valence-corrected chi connectivity index (χ3v) is 3.65. The van der Waals surface area contributed by atoms with Crippen molar-refractivity contribution >= 4 is 21.8 Å². The number of carbonyl (C=O) groups is 1. The molecule has 0 spiro atoms. The van der Waals surface area contributed by atoms with Gasteiger partial charge in [-0.25, -0.2) is 0 Å². The fourth-order valence-corrected chi connectivity index (χ4v) is 1.84. The lowest BCUT2D eigenvalue weighted by atomic mass is 10.2. The minimum absolute atomic E-state index is 0.0211. The van der Waals surface area contributed by atoms with Crippen molar-refractivity contribution in [2.24, 2.45) is 5.92 Å². The Labute approximate surface area is 95.2 Å². The first-order chi connectivity index (χ1) is 6.69. The smallest absolute Gasteiger partial charge is 0.236 e. The highest BCUT2D eigenvalue weighted by Crippen LogP contribution is 2.30. The van der Waals surface area contributed by atoms with Crippen molar-refractivity contribution in [3.8, 4) is 0 Å². The molecule has 82 valence electrons. The van der Waals surface area contributed by atoms with Gasteiger partial charge in [0.25, 0.3) is 0 Å². The van der Waals surface area contributed by atoms with Crippen LogP contribution in [-0.2, 0) is 4.79 Å². The van der Waals surface area contributed by atoms with E-state index in [1.807, 2.05) is 11.8 Å². The van der Waals surface area contributed by atoms with Crippen LogP contribution in [0.5, 0.6) is 0 Å². The summed E-state index contributed by atoms with van der Waals surface area (Å²) in [6, 6.07) is 0. The minimum atomic E-state index is 0.0211. The van der Waals surface area contributed by atoms with E-state index < -0.39 is 0 Å². The standard InChI is InChI=1S/C11H20BrNO/c1-3-7-13(8-9-5-6-9)11(14)10(12)4-2/h9-10H,3-8H2,1-2H3. The van der Waals surface area contributed by atoms with Crippen molar-refractivity contribution in [1.82, 2.24) is 4.90 Å². The molecule has 3 heteroatoms. The van der Waals surface area contributed by atoms with E-state index in [0.717, 1.165) is 31.8 Å². The van der Waals surface area contributed by atoms with E-state index in [0.29, 0.717) is 0 Å². The summed E-state index contributed by atoms with van der Waals surface area (Å²) >= 11 is 3.43. The summed E-state index contributed by atoms with van der Waals surface area (Å²) < 4.78 is 0. The molecule has 1 unspecified atom stereocenters. The maximum Gasteiger partial charge on any atom is 0.236 e. The fraction of sp³-hybridized carbons (Fsp3) is 0.909. The van der Waals surface area contributed by atoms with Crippen LogP contribution in [0.25, 0.3) is 0 Å². The highest BCUT2D eigenvalue weighted by Gasteiger charge is 2.28. The molecule has 1 fully saturated rings. The quantitative estimate of drug-likeness (QED) is 0.674. The fourth-order valence-electron chi connectivity index (χ4n) is 1.55. The van der Waals surface area contributed by atoms with Gasteiger partial charge in [-0.05, 0) is 31.6 Å². The van der Waals surface area contributed by atoms with E-state index in [1.165, 1.54) is 12.8 Å². The van der Waals surface area contributed by atoms with Gasteiger partial charge in [-0.15, -0.1) is 0 Å². The molecule has 0 saturated heterocycles. The van der Waals surface area contributed by atoms with Gasteiger partial charge in [0.2, 0.25) is 5.91 Å². The topological polar surface area (TPSA) is 20.3 Å². The SMILES string of the molecule is CCCN(CC1CC1)C(=O)C(Br)CC. The number of nitrogens with zero attached hydrogens (tertiary/aromatic N) is 1. The Morgan fingerprint density at radius 1 is 1.50 bits per heavy atom. The monoisotopic (exact) mass is 261 g/mol. The van der Waals surface area contributed by atoms with E-state index in [1.54, 1.807) is 0 Å². The molecule has 14 heavy (non-hydrogen) atoms. The third kappa shape index (κ3) is 3.60. The summed E-state index contributed by atoms with van der Waals surface area (Å²) in [5.41, 5.74) is 0. The van der Waals surface area contributed by atoms with Crippen molar-refractivity contribution in [2.75, 3.05) is 13.1 Å². The van der Waals surface area contributed by atoms with Crippen LogP contribution in [0.3, 0.4) is 0 Å². The van der Waals surface area contributed by atoms with Crippen LogP contribution in [0.4, 0.5) is 0 Å². The predicted molar refractivity (Wildman–Crippen MR) is 62.6 cm³/mol. The molecule has 1 amide bonds. The normalized spacial score (nSPS) is 17.9. The average molecular weight is 262 g/mol. The second kappa shape index (κ2) is 5.74. The minimum Gasteiger partial charge on any atom is -0.341 e. The van der Waals surface area contributed by atoms with Gasteiger partial charge >= 0.3 is 0 Å². The molecular weight excluding hydrogens is 242 g/mol. The van der Waals surface area contributed by atoms with Gasteiger partial charge in [0.1, 0.15) is 0 Å². The molecule has 0 N–H and O–H groups in total. The number of hydrogen-bond donors (Lipinski definition) is 0. The van der Waals surface area contributed by atoms with Crippen LogP contribution in [0.1, 0.15) is 39.5 Å². The van der Waals surface area contributed by atoms with Crippen LogP contribution < -0.4 is 0 Å². The van der Waals surface area contributed by atoms with Crippen LogP contribution in [-0.4, -0.2) is 28.7 Å². The van der Waals surface area contributed by atoms with E-state index in [4.69, 9.17) is 0 Å². The number of hydrogen-bond acceptors (Lipinski definition) is 1. The second-order valence-corrected chi connectivity index (χ2v) is 5.21. The number of amides is 1. The average Bonchev–Trinajstić information content (AvgIpc) is 2.98.